The fraction of sp³-hybridized carbons (Fsp3) is 0.500. The first kappa shape index (κ1) is 18.9. The third kappa shape index (κ3) is 3.74. The summed E-state index contributed by atoms with van der Waals surface area (Å²) < 4.78 is 5.61. The van der Waals surface area contributed by atoms with Crippen LogP contribution >= 0.6 is 0 Å². The molecular weight excluding hydrogens is 352 g/mol. The molecule has 0 saturated carbocycles. The van der Waals surface area contributed by atoms with Gasteiger partial charge in [-0.25, -0.2) is 9.97 Å². The zero-order valence-electron chi connectivity index (χ0n) is 16.9. The minimum atomic E-state index is 0.118. The fourth-order valence-corrected chi connectivity index (χ4v) is 4.35. The second-order valence-electron chi connectivity index (χ2n) is 7.88. The van der Waals surface area contributed by atoms with E-state index in [4.69, 9.17) is 9.72 Å². The minimum absolute atomic E-state index is 0.118. The molecule has 2 aliphatic rings. The second-order valence-corrected chi connectivity index (χ2v) is 7.88. The van der Waals surface area contributed by atoms with Gasteiger partial charge in [0, 0.05) is 62.8 Å². The molecular formula is C22H28N4O2. The molecule has 6 heteroatoms. The van der Waals surface area contributed by atoms with Gasteiger partial charge >= 0.3 is 0 Å². The number of methoxy groups -OCH3 is 1. The zero-order chi connectivity index (χ0) is 19.7. The third-order valence-corrected chi connectivity index (χ3v) is 5.93. The Hall–Kier alpha value is -2.47. The number of likely N-dealkylation sites (tertiary alicyclic amines) is 1. The van der Waals surface area contributed by atoms with Gasteiger partial charge in [0.05, 0.1) is 12.8 Å². The van der Waals surface area contributed by atoms with Crippen LogP contribution in [0.1, 0.15) is 47.5 Å². The molecule has 1 aromatic carbocycles. The van der Waals surface area contributed by atoms with Gasteiger partial charge in [0.25, 0.3) is 0 Å². The van der Waals surface area contributed by atoms with Crippen molar-refractivity contribution in [1.29, 1.82) is 0 Å². The van der Waals surface area contributed by atoms with Crippen LogP contribution in [0.2, 0.25) is 0 Å². The summed E-state index contributed by atoms with van der Waals surface area (Å²) in [5, 5.41) is 0. The highest BCUT2D eigenvalue weighted by molar-refractivity contribution is 5.73. The van der Waals surface area contributed by atoms with Crippen molar-refractivity contribution in [2.45, 2.75) is 45.7 Å². The number of aryl methyl sites for hydroxylation is 1. The number of hydrogen-bond donors (Lipinski definition) is 0. The molecule has 0 radical (unpaired) electrons. The highest BCUT2D eigenvalue weighted by Crippen LogP contribution is 2.30. The predicted molar refractivity (Wildman–Crippen MR) is 107 cm³/mol. The van der Waals surface area contributed by atoms with E-state index in [1.807, 2.05) is 11.1 Å². The van der Waals surface area contributed by atoms with Gasteiger partial charge in [0.2, 0.25) is 5.91 Å². The summed E-state index contributed by atoms with van der Waals surface area (Å²) >= 11 is 0. The summed E-state index contributed by atoms with van der Waals surface area (Å²) in [4.78, 5) is 25.5. The third-order valence-electron chi connectivity index (χ3n) is 5.93. The Morgan fingerprint density at radius 2 is 2.18 bits per heavy atom. The van der Waals surface area contributed by atoms with Crippen LogP contribution in [0.5, 0.6) is 5.75 Å². The molecule has 28 heavy (non-hydrogen) atoms. The van der Waals surface area contributed by atoms with Crippen molar-refractivity contribution in [2.24, 2.45) is 0 Å². The average Bonchev–Trinajstić information content (AvgIpc) is 3.16. The normalized spacial score (nSPS) is 19.5. The number of amides is 1. The first-order valence-corrected chi connectivity index (χ1v) is 10.00. The molecule has 6 nitrogen and oxygen atoms in total. The molecule has 2 aliphatic heterocycles. The van der Waals surface area contributed by atoms with E-state index in [9.17, 15) is 4.79 Å². The molecule has 1 fully saturated rings. The Morgan fingerprint density at radius 3 is 2.96 bits per heavy atom. The lowest BCUT2D eigenvalue weighted by molar-refractivity contribution is -0.129. The van der Waals surface area contributed by atoms with Gasteiger partial charge in [-0.1, -0.05) is 18.2 Å². The monoisotopic (exact) mass is 380 g/mol. The molecule has 0 N–H and O–H groups in total. The number of carbonyl (C=O) groups excluding carboxylic acids is 1. The Bertz CT molecular complexity index is 883. The van der Waals surface area contributed by atoms with Crippen LogP contribution in [0.4, 0.5) is 0 Å². The fourth-order valence-electron chi connectivity index (χ4n) is 4.35. The van der Waals surface area contributed by atoms with Crippen LogP contribution in [0.25, 0.3) is 0 Å². The van der Waals surface area contributed by atoms with E-state index in [1.54, 1.807) is 14.0 Å². The van der Waals surface area contributed by atoms with Crippen LogP contribution < -0.4 is 4.74 Å². The molecule has 4 rings (SSSR count). The molecule has 3 heterocycles. The Labute approximate surface area is 166 Å². The quantitative estimate of drug-likeness (QED) is 0.816. The molecule has 1 aromatic heterocycles. The van der Waals surface area contributed by atoms with Crippen molar-refractivity contribution in [2.75, 3.05) is 26.7 Å². The summed E-state index contributed by atoms with van der Waals surface area (Å²) in [5.41, 5.74) is 4.61. The van der Waals surface area contributed by atoms with E-state index in [0.717, 1.165) is 61.9 Å². The van der Waals surface area contributed by atoms with Crippen molar-refractivity contribution >= 4 is 5.91 Å². The van der Waals surface area contributed by atoms with Crippen LogP contribution in [-0.4, -0.2) is 52.4 Å². The number of para-hydroxylation sites is 1. The molecule has 1 amide bonds. The average molecular weight is 380 g/mol. The number of rotatable bonds is 4. The maximum Gasteiger partial charge on any atom is 0.219 e. The van der Waals surface area contributed by atoms with Crippen molar-refractivity contribution in [3.63, 3.8) is 0 Å². The summed E-state index contributed by atoms with van der Waals surface area (Å²) in [5.74, 6) is 2.43. The van der Waals surface area contributed by atoms with Gasteiger partial charge in [-0.2, -0.15) is 0 Å². The van der Waals surface area contributed by atoms with E-state index in [-0.39, 0.29) is 5.91 Å². The molecule has 1 saturated heterocycles. The van der Waals surface area contributed by atoms with Crippen molar-refractivity contribution in [1.82, 2.24) is 19.8 Å². The number of ether oxygens (including phenoxy) is 1. The van der Waals surface area contributed by atoms with E-state index in [0.29, 0.717) is 12.5 Å². The van der Waals surface area contributed by atoms with Crippen LogP contribution in [0, 0.1) is 6.92 Å². The van der Waals surface area contributed by atoms with Gasteiger partial charge in [0.15, 0.2) is 0 Å². The number of benzene rings is 1. The van der Waals surface area contributed by atoms with Crippen LogP contribution in [0.3, 0.4) is 0 Å². The SMILES string of the molecule is COc1c(C)cccc1CN1CCC(c2ncc3c(n2)CCN(C(C)=O)C3)C1. The summed E-state index contributed by atoms with van der Waals surface area (Å²) in [6, 6.07) is 6.33. The standard InChI is InChI=1S/C22H28N4O2/c1-15-5-4-6-17(21(15)28-3)12-25-9-7-18(13-25)22-23-11-19-14-26(16(2)27)10-8-20(19)24-22/h4-6,11,18H,7-10,12-14H2,1-3H3. The number of carbonyl (C=O) groups is 1. The number of hydrogen-bond acceptors (Lipinski definition) is 5. The lowest BCUT2D eigenvalue weighted by Crippen LogP contribution is -2.35. The molecule has 1 unspecified atom stereocenters. The highest BCUT2D eigenvalue weighted by atomic mass is 16.5. The maximum absolute atomic E-state index is 11.6. The molecule has 148 valence electrons. The van der Waals surface area contributed by atoms with Gasteiger partial charge in [-0.3, -0.25) is 9.69 Å². The molecule has 1 atom stereocenters. The van der Waals surface area contributed by atoms with Crippen molar-refractivity contribution in [3.05, 3.63) is 52.6 Å². The lowest BCUT2D eigenvalue weighted by Gasteiger charge is -2.27. The summed E-state index contributed by atoms with van der Waals surface area (Å²) in [7, 11) is 1.74. The van der Waals surface area contributed by atoms with E-state index in [1.165, 1.54) is 11.1 Å². The Balaban J connectivity index is 1.44. The lowest BCUT2D eigenvalue weighted by atomic mass is 10.0. The first-order valence-electron chi connectivity index (χ1n) is 10.00. The number of aromatic nitrogens is 2. The van der Waals surface area contributed by atoms with Crippen molar-refractivity contribution in [3.8, 4) is 5.75 Å². The summed E-state index contributed by atoms with van der Waals surface area (Å²) in [6.45, 7) is 7.99. The Kier molecular flexibility index (Phi) is 5.31. The molecule has 0 bridgehead atoms. The van der Waals surface area contributed by atoms with Crippen LogP contribution in [0.15, 0.2) is 24.4 Å². The largest absolute Gasteiger partial charge is 0.496 e. The second kappa shape index (κ2) is 7.87. The molecule has 0 aliphatic carbocycles. The van der Waals surface area contributed by atoms with Gasteiger partial charge < -0.3 is 9.64 Å². The number of fused-ring (bicyclic) bond motifs is 1. The predicted octanol–water partition coefficient (Wildman–Crippen LogP) is 2.69. The molecule has 2 aromatic rings. The van der Waals surface area contributed by atoms with Gasteiger partial charge in [-0.15, -0.1) is 0 Å². The smallest absolute Gasteiger partial charge is 0.219 e. The highest BCUT2D eigenvalue weighted by Gasteiger charge is 2.28. The van der Waals surface area contributed by atoms with Gasteiger partial charge in [0.1, 0.15) is 11.6 Å². The maximum atomic E-state index is 11.6. The summed E-state index contributed by atoms with van der Waals surface area (Å²) in [6.07, 6.45) is 3.83. The van der Waals surface area contributed by atoms with Gasteiger partial charge in [-0.05, 0) is 25.5 Å². The van der Waals surface area contributed by atoms with Crippen molar-refractivity contribution < 1.29 is 9.53 Å². The van der Waals surface area contributed by atoms with E-state index >= 15 is 0 Å². The molecule has 0 spiro atoms. The minimum Gasteiger partial charge on any atom is -0.496 e. The number of nitrogens with zero attached hydrogens (tertiary/aromatic N) is 4. The van der Waals surface area contributed by atoms with E-state index < -0.39 is 0 Å². The first-order chi connectivity index (χ1) is 13.5. The van der Waals surface area contributed by atoms with E-state index in [2.05, 4.69) is 35.0 Å². The topological polar surface area (TPSA) is 58.6 Å². The Morgan fingerprint density at radius 1 is 1.32 bits per heavy atom. The zero-order valence-corrected chi connectivity index (χ0v) is 16.9. The van der Waals surface area contributed by atoms with Crippen LogP contribution in [-0.2, 0) is 24.3 Å².